The van der Waals surface area contributed by atoms with E-state index in [9.17, 15) is 9.18 Å². The average Bonchev–Trinajstić information content (AvgIpc) is 2.41. The van der Waals surface area contributed by atoms with Gasteiger partial charge in [-0.2, -0.15) is 5.26 Å². The number of halogens is 1. The van der Waals surface area contributed by atoms with Crippen LogP contribution in [0.2, 0.25) is 0 Å². The minimum atomic E-state index is -0.553. The number of hydrogen-bond donors (Lipinski definition) is 1. The monoisotopic (exact) mass is 275 g/mol. The van der Waals surface area contributed by atoms with Crippen LogP contribution in [0.15, 0.2) is 18.2 Å². The van der Waals surface area contributed by atoms with Gasteiger partial charge in [-0.15, -0.1) is 0 Å². The summed E-state index contributed by atoms with van der Waals surface area (Å²) >= 11 is 0. The van der Waals surface area contributed by atoms with E-state index in [1.54, 1.807) is 11.0 Å². The molecule has 2 rings (SSSR count). The maximum Gasteiger partial charge on any atom is 0.223 e. The first-order chi connectivity index (χ1) is 9.45. The van der Waals surface area contributed by atoms with Crippen molar-refractivity contribution in [1.29, 1.82) is 5.26 Å². The summed E-state index contributed by atoms with van der Waals surface area (Å²) in [5.74, 6) is -0.502. The van der Waals surface area contributed by atoms with Gasteiger partial charge in [-0.3, -0.25) is 4.79 Å². The summed E-state index contributed by atoms with van der Waals surface area (Å²) in [5, 5.41) is 8.93. The molecule has 4 nitrogen and oxygen atoms in total. The Morgan fingerprint density at radius 2 is 2.20 bits per heavy atom. The van der Waals surface area contributed by atoms with Gasteiger partial charge in [0.2, 0.25) is 5.91 Å². The number of hydrogen-bond acceptors (Lipinski definition) is 3. The van der Waals surface area contributed by atoms with Crippen molar-refractivity contribution in [2.24, 2.45) is 5.73 Å². The van der Waals surface area contributed by atoms with E-state index in [2.05, 4.69) is 0 Å². The number of benzene rings is 1. The van der Waals surface area contributed by atoms with Crippen LogP contribution in [0.3, 0.4) is 0 Å². The van der Waals surface area contributed by atoms with Crippen molar-refractivity contribution in [1.82, 2.24) is 4.90 Å². The highest BCUT2D eigenvalue weighted by molar-refractivity contribution is 5.78. The predicted octanol–water partition coefficient (Wildman–Crippen LogP) is 2.10. The van der Waals surface area contributed by atoms with Crippen LogP contribution in [-0.4, -0.2) is 22.9 Å². The molecule has 106 valence electrons. The first kappa shape index (κ1) is 14.5. The molecule has 2 atom stereocenters. The van der Waals surface area contributed by atoms with Crippen LogP contribution in [0.1, 0.15) is 43.9 Å². The Labute approximate surface area is 118 Å². The number of nitrogens with two attached hydrogens (primary N) is 1. The molecule has 20 heavy (non-hydrogen) atoms. The Bertz CT molecular complexity index is 565. The molecule has 1 amide bonds. The summed E-state index contributed by atoms with van der Waals surface area (Å²) in [6.07, 6.45) is 1.04. The number of nitriles is 1. The summed E-state index contributed by atoms with van der Waals surface area (Å²) in [6, 6.07) is 5.69. The standard InChI is InChI=1S/C15H18FN3O/c1-9(2)19-14(20)6-5-13(18)15(19)10-3-4-12(16)11(7-10)8-17/h3-4,7,9,13,15H,5-6,18H2,1-2H3. The van der Waals surface area contributed by atoms with Crippen molar-refractivity contribution in [2.75, 3.05) is 0 Å². The van der Waals surface area contributed by atoms with Crippen LogP contribution in [0.4, 0.5) is 4.39 Å². The number of amides is 1. The first-order valence-electron chi connectivity index (χ1n) is 6.72. The van der Waals surface area contributed by atoms with Crippen LogP contribution in [-0.2, 0) is 4.79 Å². The molecule has 0 spiro atoms. The molecule has 0 saturated carbocycles. The van der Waals surface area contributed by atoms with Crippen LogP contribution >= 0.6 is 0 Å². The number of piperidine rings is 1. The molecule has 1 aromatic rings. The maximum absolute atomic E-state index is 13.4. The Morgan fingerprint density at radius 1 is 1.50 bits per heavy atom. The van der Waals surface area contributed by atoms with Crippen molar-refractivity contribution in [3.8, 4) is 6.07 Å². The summed E-state index contributed by atoms with van der Waals surface area (Å²) in [6.45, 7) is 3.86. The second-order valence-corrected chi connectivity index (χ2v) is 5.39. The molecule has 2 unspecified atom stereocenters. The molecular weight excluding hydrogens is 257 g/mol. The second kappa shape index (κ2) is 5.59. The van der Waals surface area contributed by atoms with E-state index in [4.69, 9.17) is 11.0 Å². The number of nitrogens with zero attached hydrogens (tertiary/aromatic N) is 2. The van der Waals surface area contributed by atoms with Crippen LogP contribution < -0.4 is 5.73 Å². The van der Waals surface area contributed by atoms with Gasteiger partial charge in [-0.1, -0.05) is 6.07 Å². The number of rotatable bonds is 2. The van der Waals surface area contributed by atoms with Crippen molar-refractivity contribution in [3.63, 3.8) is 0 Å². The lowest BCUT2D eigenvalue weighted by atomic mass is 9.89. The fourth-order valence-electron chi connectivity index (χ4n) is 2.77. The van der Waals surface area contributed by atoms with Gasteiger partial charge in [0.25, 0.3) is 0 Å². The van der Waals surface area contributed by atoms with Crippen LogP contribution in [0, 0.1) is 17.1 Å². The molecule has 0 radical (unpaired) electrons. The molecule has 1 aliphatic heterocycles. The predicted molar refractivity (Wildman–Crippen MR) is 73.0 cm³/mol. The van der Waals surface area contributed by atoms with Gasteiger partial charge in [0, 0.05) is 18.5 Å². The topological polar surface area (TPSA) is 70.1 Å². The van der Waals surface area contributed by atoms with E-state index >= 15 is 0 Å². The van der Waals surface area contributed by atoms with E-state index in [1.807, 2.05) is 19.9 Å². The molecule has 0 bridgehead atoms. The minimum Gasteiger partial charge on any atom is -0.332 e. The number of likely N-dealkylation sites (tertiary alicyclic amines) is 1. The molecule has 0 aliphatic carbocycles. The third kappa shape index (κ3) is 2.52. The zero-order valence-corrected chi connectivity index (χ0v) is 11.6. The van der Waals surface area contributed by atoms with E-state index in [1.165, 1.54) is 12.1 Å². The Balaban J connectivity index is 2.46. The molecule has 5 heteroatoms. The normalized spacial score (nSPS) is 23.0. The van der Waals surface area contributed by atoms with Gasteiger partial charge in [0.05, 0.1) is 11.6 Å². The molecule has 2 N–H and O–H groups in total. The van der Waals surface area contributed by atoms with Crippen LogP contribution in [0.5, 0.6) is 0 Å². The molecule has 0 aromatic heterocycles. The highest BCUT2D eigenvalue weighted by Gasteiger charge is 2.36. The second-order valence-electron chi connectivity index (χ2n) is 5.39. The van der Waals surface area contributed by atoms with Gasteiger partial charge < -0.3 is 10.6 Å². The average molecular weight is 275 g/mol. The zero-order chi connectivity index (χ0) is 14.9. The first-order valence-corrected chi connectivity index (χ1v) is 6.72. The van der Waals surface area contributed by atoms with E-state index in [0.29, 0.717) is 12.8 Å². The lowest BCUT2D eigenvalue weighted by Crippen LogP contribution is -2.51. The molecule has 1 heterocycles. The third-order valence-corrected chi connectivity index (χ3v) is 3.69. The molecule has 1 fully saturated rings. The van der Waals surface area contributed by atoms with Gasteiger partial charge >= 0.3 is 0 Å². The largest absolute Gasteiger partial charge is 0.332 e. The quantitative estimate of drug-likeness (QED) is 0.898. The van der Waals surface area contributed by atoms with Crippen molar-refractivity contribution >= 4 is 5.91 Å². The highest BCUT2D eigenvalue weighted by atomic mass is 19.1. The summed E-state index contributed by atoms with van der Waals surface area (Å²) in [4.78, 5) is 13.9. The minimum absolute atomic E-state index is 0.00874. The molecule has 1 saturated heterocycles. The number of carbonyl (C=O) groups excluding carboxylic acids is 1. The highest BCUT2D eigenvalue weighted by Crippen LogP contribution is 2.33. The molecule has 1 aromatic carbocycles. The van der Waals surface area contributed by atoms with Crippen LogP contribution in [0.25, 0.3) is 0 Å². The van der Waals surface area contributed by atoms with Gasteiger partial charge in [0.1, 0.15) is 11.9 Å². The summed E-state index contributed by atoms with van der Waals surface area (Å²) < 4.78 is 13.4. The van der Waals surface area contributed by atoms with Crippen molar-refractivity contribution < 1.29 is 9.18 Å². The lowest BCUT2D eigenvalue weighted by Gasteiger charge is -2.42. The summed E-state index contributed by atoms with van der Waals surface area (Å²) in [7, 11) is 0. The van der Waals surface area contributed by atoms with E-state index < -0.39 is 5.82 Å². The van der Waals surface area contributed by atoms with Gasteiger partial charge in [-0.25, -0.2) is 4.39 Å². The van der Waals surface area contributed by atoms with Gasteiger partial charge in [-0.05, 0) is 38.0 Å². The summed E-state index contributed by atoms with van der Waals surface area (Å²) in [5.41, 5.74) is 6.86. The zero-order valence-electron chi connectivity index (χ0n) is 11.6. The van der Waals surface area contributed by atoms with Crippen molar-refractivity contribution in [2.45, 2.75) is 44.8 Å². The van der Waals surface area contributed by atoms with Crippen molar-refractivity contribution in [3.05, 3.63) is 35.1 Å². The smallest absolute Gasteiger partial charge is 0.223 e. The molecule has 1 aliphatic rings. The SMILES string of the molecule is CC(C)N1C(=O)CCC(N)C1c1ccc(F)c(C#N)c1. The van der Waals surface area contributed by atoms with E-state index in [-0.39, 0.29) is 29.6 Å². The third-order valence-electron chi connectivity index (χ3n) is 3.69. The Hall–Kier alpha value is -1.93. The maximum atomic E-state index is 13.4. The lowest BCUT2D eigenvalue weighted by molar-refractivity contribution is -0.139. The Kier molecular flexibility index (Phi) is 4.05. The Morgan fingerprint density at radius 3 is 2.80 bits per heavy atom. The molecular formula is C15H18FN3O. The fourth-order valence-corrected chi connectivity index (χ4v) is 2.77. The fraction of sp³-hybridized carbons (Fsp3) is 0.467. The van der Waals surface area contributed by atoms with E-state index in [0.717, 1.165) is 5.56 Å². The van der Waals surface area contributed by atoms with Gasteiger partial charge in [0.15, 0.2) is 0 Å². The number of carbonyl (C=O) groups is 1.